The zero-order valence-electron chi connectivity index (χ0n) is 13.2. The van der Waals surface area contributed by atoms with Crippen LogP contribution in [0, 0.1) is 12.8 Å². The van der Waals surface area contributed by atoms with Crippen LogP contribution in [0.4, 0.5) is 5.69 Å². The maximum atomic E-state index is 11.7. The first-order valence-electron chi connectivity index (χ1n) is 7.70. The van der Waals surface area contributed by atoms with Gasteiger partial charge in [-0.05, 0) is 50.8 Å². The Labute approximate surface area is 127 Å². The zero-order chi connectivity index (χ0) is 15.5. The number of hydrogen-bond acceptors (Lipinski definition) is 3. The normalized spacial score (nSPS) is 25.0. The number of hydrogen-bond donors (Lipinski definition) is 2. The molecule has 0 aromatic heterocycles. The Morgan fingerprint density at radius 1 is 1.48 bits per heavy atom. The van der Waals surface area contributed by atoms with Crippen LogP contribution in [0.5, 0.6) is 0 Å². The minimum absolute atomic E-state index is 0.200. The summed E-state index contributed by atoms with van der Waals surface area (Å²) >= 11 is 0. The lowest BCUT2D eigenvalue weighted by atomic mass is 9.84. The predicted octanol–water partition coefficient (Wildman–Crippen LogP) is 2.66. The number of likely N-dealkylation sites (N-methyl/N-ethyl adjacent to an activating group) is 1. The van der Waals surface area contributed by atoms with Crippen molar-refractivity contribution in [2.45, 2.75) is 38.1 Å². The van der Waals surface area contributed by atoms with Crippen LogP contribution in [0.15, 0.2) is 24.3 Å². The smallest absolute Gasteiger partial charge is 0.324 e. The Balaban J connectivity index is 2.02. The molecule has 1 aliphatic rings. The van der Waals surface area contributed by atoms with Gasteiger partial charge < -0.3 is 15.3 Å². The number of aliphatic carboxylic acids is 1. The fourth-order valence-corrected chi connectivity index (χ4v) is 3.65. The molecule has 2 rings (SSSR count). The van der Waals surface area contributed by atoms with Crippen molar-refractivity contribution in [1.29, 1.82) is 0 Å². The van der Waals surface area contributed by atoms with Gasteiger partial charge in [-0.3, -0.25) is 4.79 Å². The van der Waals surface area contributed by atoms with Crippen molar-refractivity contribution in [2.24, 2.45) is 5.92 Å². The number of carbonyl (C=O) groups is 1. The van der Waals surface area contributed by atoms with Gasteiger partial charge in [0.25, 0.3) is 0 Å². The molecule has 2 atom stereocenters. The van der Waals surface area contributed by atoms with Gasteiger partial charge in [-0.25, -0.2) is 0 Å². The molecule has 21 heavy (non-hydrogen) atoms. The van der Waals surface area contributed by atoms with Gasteiger partial charge in [-0.1, -0.05) is 24.6 Å². The van der Waals surface area contributed by atoms with E-state index in [0.717, 1.165) is 32.2 Å². The number of rotatable bonds is 6. The molecular weight excluding hydrogens is 264 g/mol. The van der Waals surface area contributed by atoms with Crippen LogP contribution >= 0.6 is 0 Å². The third kappa shape index (κ3) is 3.05. The Morgan fingerprint density at radius 3 is 2.81 bits per heavy atom. The van der Waals surface area contributed by atoms with Crippen LogP contribution in [0.1, 0.15) is 31.2 Å². The molecule has 0 aliphatic heterocycles. The number of nitrogens with one attached hydrogen (secondary N) is 1. The minimum Gasteiger partial charge on any atom is -0.480 e. The van der Waals surface area contributed by atoms with Gasteiger partial charge in [0.1, 0.15) is 5.54 Å². The number of para-hydroxylation sites is 1. The second-order valence-corrected chi connectivity index (χ2v) is 6.11. The molecule has 1 fully saturated rings. The van der Waals surface area contributed by atoms with Gasteiger partial charge in [-0.2, -0.15) is 0 Å². The van der Waals surface area contributed by atoms with Crippen LogP contribution in [-0.2, 0) is 4.79 Å². The van der Waals surface area contributed by atoms with E-state index in [2.05, 4.69) is 36.3 Å². The molecule has 0 heterocycles. The molecule has 1 aromatic rings. The number of carboxylic acid groups (broad SMARTS) is 1. The van der Waals surface area contributed by atoms with Gasteiger partial charge in [0.2, 0.25) is 0 Å². The van der Waals surface area contributed by atoms with Crippen LogP contribution in [-0.4, -0.2) is 37.3 Å². The lowest BCUT2D eigenvalue weighted by molar-refractivity contribution is -0.146. The van der Waals surface area contributed by atoms with Crippen LogP contribution < -0.4 is 10.2 Å². The van der Waals surface area contributed by atoms with Crippen LogP contribution in [0.25, 0.3) is 0 Å². The second-order valence-electron chi connectivity index (χ2n) is 6.11. The first-order chi connectivity index (χ1) is 10.0. The molecule has 0 spiro atoms. The molecule has 4 nitrogen and oxygen atoms in total. The van der Waals surface area contributed by atoms with E-state index in [9.17, 15) is 9.90 Å². The van der Waals surface area contributed by atoms with E-state index in [1.54, 1.807) is 7.05 Å². The summed E-state index contributed by atoms with van der Waals surface area (Å²) in [6.45, 7) is 2.99. The topological polar surface area (TPSA) is 52.6 Å². The number of nitrogens with zero attached hydrogens (tertiary/aromatic N) is 1. The van der Waals surface area contributed by atoms with Gasteiger partial charge in [0.05, 0.1) is 0 Å². The zero-order valence-corrected chi connectivity index (χ0v) is 13.2. The highest BCUT2D eigenvalue weighted by atomic mass is 16.4. The standard InChI is InChI=1S/C17H26N2O2/c1-13-7-4-5-9-15(13)19(3)12-10-14-8-6-11-17(14,18-2)16(20)21/h4-5,7,9,14,18H,6,8,10-12H2,1-3H3,(H,20,21). The molecule has 1 aliphatic carbocycles. The summed E-state index contributed by atoms with van der Waals surface area (Å²) in [5.74, 6) is -0.502. The van der Waals surface area contributed by atoms with Crippen molar-refractivity contribution in [1.82, 2.24) is 5.32 Å². The highest BCUT2D eigenvalue weighted by Gasteiger charge is 2.47. The van der Waals surface area contributed by atoms with E-state index in [1.807, 2.05) is 12.1 Å². The van der Waals surface area contributed by atoms with Crippen molar-refractivity contribution < 1.29 is 9.90 Å². The first-order valence-corrected chi connectivity index (χ1v) is 7.70. The fraction of sp³-hybridized carbons (Fsp3) is 0.588. The first kappa shape index (κ1) is 15.8. The Kier molecular flexibility index (Phi) is 4.88. The van der Waals surface area contributed by atoms with Gasteiger partial charge in [-0.15, -0.1) is 0 Å². The van der Waals surface area contributed by atoms with Crippen molar-refractivity contribution >= 4 is 11.7 Å². The molecule has 1 aromatic carbocycles. The van der Waals surface area contributed by atoms with Crippen molar-refractivity contribution in [3.63, 3.8) is 0 Å². The molecule has 0 saturated heterocycles. The summed E-state index contributed by atoms with van der Waals surface area (Å²) in [4.78, 5) is 13.9. The molecule has 0 radical (unpaired) electrons. The van der Waals surface area contributed by atoms with Gasteiger partial charge >= 0.3 is 5.97 Å². The quantitative estimate of drug-likeness (QED) is 0.846. The molecule has 0 bridgehead atoms. The van der Waals surface area contributed by atoms with Gasteiger partial charge in [0.15, 0.2) is 0 Å². The Hall–Kier alpha value is -1.55. The lowest BCUT2D eigenvalue weighted by Gasteiger charge is -2.32. The number of aryl methyl sites for hydroxylation is 1. The third-order valence-electron chi connectivity index (χ3n) is 4.99. The second kappa shape index (κ2) is 6.48. The summed E-state index contributed by atoms with van der Waals surface area (Å²) < 4.78 is 0. The molecule has 0 amide bonds. The molecule has 2 unspecified atom stereocenters. The lowest BCUT2D eigenvalue weighted by Crippen LogP contribution is -2.53. The molecule has 1 saturated carbocycles. The van der Waals surface area contributed by atoms with E-state index >= 15 is 0 Å². The SMILES string of the molecule is CNC1(C(=O)O)CCCC1CCN(C)c1ccccc1C. The summed E-state index contributed by atoms with van der Waals surface area (Å²) in [7, 11) is 3.86. The van der Waals surface area contributed by atoms with E-state index in [-0.39, 0.29) is 5.92 Å². The molecule has 2 N–H and O–H groups in total. The van der Waals surface area contributed by atoms with Crippen molar-refractivity contribution in [3.8, 4) is 0 Å². The summed E-state index contributed by atoms with van der Waals surface area (Å²) in [5.41, 5.74) is 1.75. The average Bonchev–Trinajstić information content (AvgIpc) is 2.89. The van der Waals surface area contributed by atoms with Crippen molar-refractivity contribution in [2.75, 3.05) is 25.5 Å². The van der Waals surface area contributed by atoms with E-state index < -0.39 is 11.5 Å². The summed E-state index contributed by atoms with van der Waals surface area (Å²) in [5, 5.41) is 12.7. The maximum Gasteiger partial charge on any atom is 0.324 e. The minimum atomic E-state index is -0.730. The number of anilines is 1. The Morgan fingerprint density at radius 2 is 2.19 bits per heavy atom. The molecule has 116 valence electrons. The third-order valence-corrected chi connectivity index (χ3v) is 4.99. The Bertz CT molecular complexity index is 503. The van der Waals surface area contributed by atoms with Crippen molar-refractivity contribution in [3.05, 3.63) is 29.8 Å². The predicted molar refractivity (Wildman–Crippen MR) is 85.8 cm³/mol. The maximum absolute atomic E-state index is 11.7. The highest BCUT2D eigenvalue weighted by molar-refractivity contribution is 5.79. The van der Waals surface area contributed by atoms with E-state index in [0.29, 0.717) is 0 Å². The number of carboxylic acids is 1. The van der Waals surface area contributed by atoms with Gasteiger partial charge in [0, 0.05) is 19.3 Å². The highest BCUT2D eigenvalue weighted by Crippen LogP contribution is 2.38. The van der Waals surface area contributed by atoms with Crippen LogP contribution in [0.3, 0.4) is 0 Å². The van der Waals surface area contributed by atoms with E-state index in [1.165, 1.54) is 11.3 Å². The average molecular weight is 290 g/mol. The monoisotopic (exact) mass is 290 g/mol. The molecular formula is C17H26N2O2. The largest absolute Gasteiger partial charge is 0.480 e. The van der Waals surface area contributed by atoms with E-state index in [4.69, 9.17) is 0 Å². The summed E-state index contributed by atoms with van der Waals surface area (Å²) in [6, 6.07) is 8.31. The fourth-order valence-electron chi connectivity index (χ4n) is 3.65. The number of benzene rings is 1. The van der Waals surface area contributed by atoms with Crippen LogP contribution in [0.2, 0.25) is 0 Å². The summed E-state index contributed by atoms with van der Waals surface area (Å²) in [6.07, 6.45) is 3.62. The molecule has 4 heteroatoms.